The molecule has 150 valence electrons. The molecule has 0 unspecified atom stereocenters. The summed E-state index contributed by atoms with van der Waals surface area (Å²) in [5.74, 6) is 1.02. The van der Waals surface area contributed by atoms with Crippen LogP contribution in [0, 0.1) is 13.8 Å². The molecule has 1 aliphatic rings. The Hall–Kier alpha value is -3.48. The zero-order valence-electron chi connectivity index (χ0n) is 16.4. The quantitative estimate of drug-likeness (QED) is 0.465. The van der Waals surface area contributed by atoms with E-state index in [1.807, 2.05) is 36.6 Å². The molecule has 0 saturated carbocycles. The highest BCUT2D eigenvalue weighted by atomic mass is 16.7. The summed E-state index contributed by atoms with van der Waals surface area (Å²) in [7, 11) is 0. The summed E-state index contributed by atoms with van der Waals surface area (Å²) in [5, 5.41) is 0. The number of aryl methyl sites for hydroxylation is 1. The molecule has 0 fully saturated rings. The molecule has 0 aliphatic carbocycles. The van der Waals surface area contributed by atoms with Crippen molar-refractivity contribution in [3.63, 3.8) is 0 Å². The molecule has 1 aromatic carbocycles. The molecule has 0 radical (unpaired) electrons. The van der Waals surface area contributed by atoms with E-state index in [1.54, 1.807) is 31.4 Å². The first-order valence-corrected chi connectivity index (χ1v) is 9.28. The zero-order chi connectivity index (χ0) is 20.5. The maximum absolute atomic E-state index is 12.9. The molecular weight excluding hydrogens is 374 g/mol. The first-order chi connectivity index (χ1) is 13.9. The number of esters is 1. The lowest BCUT2D eigenvalue weighted by Crippen LogP contribution is -2.25. The third kappa shape index (κ3) is 3.63. The van der Waals surface area contributed by atoms with Gasteiger partial charge in [-0.05, 0) is 57.2 Å². The zero-order valence-corrected chi connectivity index (χ0v) is 16.4. The minimum atomic E-state index is -0.925. The van der Waals surface area contributed by atoms with Crippen LogP contribution >= 0.6 is 0 Å². The van der Waals surface area contributed by atoms with E-state index in [1.165, 1.54) is 0 Å². The van der Waals surface area contributed by atoms with Crippen molar-refractivity contribution in [1.29, 1.82) is 0 Å². The summed E-state index contributed by atoms with van der Waals surface area (Å²) < 4.78 is 23.3. The van der Waals surface area contributed by atoms with Gasteiger partial charge in [-0.25, -0.2) is 4.79 Å². The number of furan rings is 1. The standard InChI is InChI=1S/C22H21NO6/c1-13-9-18(14(2)23(13)11-17-5-4-8-26-17)21(24)15(3)29-22(25)16-6-7-19-20(10-16)28-12-27-19/h4-10,15H,11-12H2,1-3H3/t15-/m0/s1. The van der Waals surface area contributed by atoms with Crippen molar-refractivity contribution in [3.05, 3.63) is 70.9 Å². The van der Waals surface area contributed by atoms with E-state index >= 15 is 0 Å². The van der Waals surface area contributed by atoms with Gasteiger partial charge in [0.05, 0.1) is 18.4 Å². The maximum atomic E-state index is 12.9. The van der Waals surface area contributed by atoms with Crippen molar-refractivity contribution in [2.24, 2.45) is 0 Å². The third-order valence-corrected chi connectivity index (χ3v) is 4.99. The first-order valence-electron chi connectivity index (χ1n) is 9.28. The smallest absolute Gasteiger partial charge is 0.338 e. The summed E-state index contributed by atoms with van der Waals surface area (Å²) in [6.07, 6.45) is 0.693. The molecule has 7 heteroatoms. The average molecular weight is 395 g/mol. The predicted molar refractivity (Wildman–Crippen MR) is 103 cm³/mol. The Kier molecular flexibility index (Phi) is 4.88. The van der Waals surface area contributed by atoms with Gasteiger partial charge in [0.25, 0.3) is 0 Å². The normalized spacial score (nSPS) is 13.3. The molecule has 0 N–H and O–H groups in total. The molecule has 3 aromatic rings. The summed E-state index contributed by atoms with van der Waals surface area (Å²) in [5.41, 5.74) is 2.56. The number of fused-ring (bicyclic) bond motifs is 1. The Morgan fingerprint density at radius 1 is 1.14 bits per heavy atom. The number of Topliss-reactive ketones (excluding diaryl/α,β-unsaturated/α-hetero) is 1. The van der Waals surface area contributed by atoms with Crippen molar-refractivity contribution in [2.75, 3.05) is 6.79 Å². The molecule has 0 bridgehead atoms. The molecule has 4 rings (SSSR count). The fourth-order valence-electron chi connectivity index (χ4n) is 3.38. The number of aromatic nitrogens is 1. The van der Waals surface area contributed by atoms with Gasteiger partial charge >= 0.3 is 5.97 Å². The molecule has 1 atom stereocenters. The Bertz CT molecular complexity index is 1060. The highest BCUT2D eigenvalue weighted by Crippen LogP contribution is 2.32. The topological polar surface area (TPSA) is 79.9 Å². The van der Waals surface area contributed by atoms with Crippen molar-refractivity contribution < 1.29 is 28.2 Å². The molecule has 0 saturated heterocycles. The van der Waals surface area contributed by atoms with E-state index in [2.05, 4.69) is 0 Å². The minimum absolute atomic E-state index is 0.121. The Balaban J connectivity index is 1.48. The molecule has 1 aliphatic heterocycles. The average Bonchev–Trinajstić information content (AvgIpc) is 3.44. The number of carbonyl (C=O) groups excluding carboxylic acids is 2. The highest BCUT2D eigenvalue weighted by Gasteiger charge is 2.25. The van der Waals surface area contributed by atoms with Crippen LogP contribution in [-0.2, 0) is 11.3 Å². The summed E-state index contributed by atoms with van der Waals surface area (Å²) >= 11 is 0. The van der Waals surface area contributed by atoms with Crippen LogP contribution in [0.1, 0.15) is 44.8 Å². The predicted octanol–water partition coefficient (Wildman–Crippen LogP) is 3.90. The molecule has 0 spiro atoms. The van der Waals surface area contributed by atoms with Gasteiger partial charge in [0.1, 0.15) is 5.76 Å². The molecule has 0 amide bonds. The van der Waals surface area contributed by atoms with E-state index < -0.39 is 12.1 Å². The molecular formula is C22H21NO6. The number of ketones is 1. The first kappa shape index (κ1) is 18.9. The Morgan fingerprint density at radius 2 is 1.93 bits per heavy atom. The number of hydrogen-bond acceptors (Lipinski definition) is 6. The van der Waals surface area contributed by atoms with Crippen LogP contribution in [0.3, 0.4) is 0 Å². The van der Waals surface area contributed by atoms with E-state index in [-0.39, 0.29) is 12.6 Å². The fourth-order valence-corrected chi connectivity index (χ4v) is 3.38. The SMILES string of the molecule is Cc1cc(C(=O)[C@H](C)OC(=O)c2ccc3c(c2)OCO3)c(C)n1Cc1ccco1. The molecule has 29 heavy (non-hydrogen) atoms. The summed E-state index contributed by atoms with van der Waals surface area (Å²) in [6.45, 7) is 6.02. The fraction of sp³-hybridized carbons (Fsp3) is 0.273. The minimum Gasteiger partial charge on any atom is -0.467 e. The van der Waals surface area contributed by atoms with Gasteiger partial charge in [-0.15, -0.1) is 0 Å². The second kappa shape index (κ2) is 7.50. The third-order valence-electron chi connectivity index (χ3n) is 4.99. The van der Waals surface area contributed by atoms with Gasteiger partial charge in [0.2, 0.25) is 12.6 Å². The highest BCUT2D eigenvalue weighted by molar-refractivity contribution is 6.02. The van der Waals surface area contributed by atoms with E-state index in [9.17, 15) is 9.59 Å². The number of hydrogen-bond donors (Lipinski definition) is 0. The Morgan fingerprint density at radius 3 is 2.69 bits per heavy atom. The summed E-state index contributed by atoms with van der Waals surface area (Å²) in [6, 6.07) is 10.3. The van der Waals surface area contributed by atoms with E-state index in [4.69, 9.17) is 18.6 Å². The molecule has 7 nitrogen and oxygen atoms in total. The van der Waals surface area contributed by atoms with Gasteiger partial charge in [0, 0.05) is 17.0 Å². The van der Waals surface area contributed by atoms with Crippen LogP contribution < -0.4 is 9.47 Å². The largest absolute Gasteiger partial charge is 0.467 e. The van der Waals surface area contributed by atoms with Crippen molar-refractivity contribution in [2.45, 2.75) is 33.4 Å². The number of rotatable bonds is 6. The second-order valence-electron chi connectivity index (χ2n) is 6.93. The lowest BCUT2D eigenvalue weighted by Gasteiger charge is -2.13. The van der Waals surface area contributed by atoms with Crippen LogP contribution in [0.2, 0.25) is 0 Å². The van der Waals surface area contributed by atoms with Crippen LogP contribution in [0.15, 0.2) is 47.1 Å². The second-order valence-corrected chi connectivity index (χ2v) is 6.93. The van der Waals surface area contributed by atoms with Crippen LogP contribution in [0.5, 0.6) is 11.5 Å². The van der Waals surface area contributed by atoms with Crippen molar-refractivity contribution >= 4 is 11.8 Å². The van der Waals surface area contributed by atoms with Gasteiger partial charge < -0.3 is 23.2 Å². The monoisotopic (exact) mass is 395 g/mol. The van der Waals surface area contributed by atoms with E-state index in [0.29, 0.717) is 29.2 Å². The number of nitrogens with zero attached hydrogens (tertiary/aromatic N) is 1. The van der Waals surface area contributed by atoms with Gasteiger partial charge in [0.15, 0.2) is 17.6 Å². The van der Waals surface area contributed by atoms with Crippen LogP contribution in [-0.4, -0.2) is 29.2 Å². The molecule has 2 aromatic heterocycles. The van der Waals surface area contributed by atoms with Crippen molar-refractivity contribution in [1.82, 2.24) is 4.57 Å². The van der Waals surface area contributed by atoms with Gasteiger partial charge in [-0.2, -0.15) is 0 Å². The number of benzene rings is 1. The lowest BCUT2D eigenvalue weighted by atomic mass is 10.1. The van der Waals surface area contributed by atoms with Crippen LogP contribution in [0.25, 0.3) is 0 Å². The molecule has 3 heterocycles. The van der Waals surface area contributed by atoms with Crippen LogP contribution in [0.4, 0.5) is 0 Å². The lowest BCUT2D eigenvalue weighted by molar-refractivity contribution is 0.0318. The maximum Gasteiger partial charge on any atom is 0.338 e. The summed E-state index contributed by atoms with van der Waals surface area (Å²) in [4.78, 5) is 25.4. The Labute approximate surface area is 167 Å². The van der Waals surface area contributed by atoms with Gasteiger partial charge in [-0.3, -0.25) is 4.79 Å². The van der Waals surface area contributed by atoms with Crippen molar-refractivity contribution in [3.8, 4) is 11.5 Å². The van der Waals surface area contributed by atoms with Gasteiger partial charge in [-0.1, -0.05) is 0 Å². The number of ether oxygens (including phenoxy) is 3. The van der Waals surface area contributed by atoms with E-state index in [0.717, 1.165) is 17.1 Å². The number of carbonyl (C=O) groups is 2.